The van der Waals surface area contributed by atoms with Gasteiger partial charge in [-0.05, 0) is 48.5 Å². The Morgan fingerprint density at radius 1 is 0.857 bits per heavy atom. The molecule has 0 atom stereocenters. The van der Waals surface area contributed by atoms with Crippen LogP contribution in [0.3, 0.4) is 0 Å². The summed E-state index contributed by atoms with van der Waals surface area (Å²) in [6.07, 6.45) is 2.96. The van der Waals surface area contributed by atoms with Gasteiger partial charge in [0.2, 0.25) is 0 Å². The number of methoxy groups -OCH3 is 1. The predicted octanol–water partition coefficient (Wildman–Crippen LogP) is 4.57. The molecular weight excluding hydrogens is 354 g/mol. The largest absolute Gasteiger partial charge is 0.496 e. The van der Waals surface area contributed by atoms with Gasteiger partial charge < -0.3 is 14.8 Å². The lowest BCUT2D eigenvalue weighted by Gasteiger charge is -2.06. The second-order valence-corrected chi connectivity index (χ2v) is 5.84. The number of carbonyl (C=O) groups excluding carboxylic acids is 2. The van der Waals surface area contributed by atoms with E-state index in [1.807, 2.05) is 54.6 Å². The third-order valence-electron chi connectivity index (χ3n) is 3.90. The van der Waals surface area contributed by atoms with E-state index in [1.54, 1.807) is 37.5 Å². The molecule has 0 aliphatic heterocycles. The molecule has 0 radical (unpaired) electrons. The lowest BCUT2D eigenvalue weighted by atomic mass is 10.2. The number of anilines is 1. The third-order valence-corrected chi connectivity index (χ3v) is 3.90. The summed E-state index contributed by atoms with van der Waals surface area (Å²) in [5, 5.41) is 2.80. The van der Waals surface area contributed by atoms with Gasteiger partial charge in [-0.1, -0.05) is 36.4 Å². The monoisotopic (exact) mass is 373 g/mol. The first-order valence-corrected chi connectivity index (χ1v) is 8.65. The maximum atomic E-state index is 12.2. The quantitative estimate of drug-likeness (QED) is 0.391. The number of esters is 1. The summed E-state index contributed by atoms with van der Waals surface area (Å²) in [4.78, 5) is 24.2. The Labute approximate surface area is 163 Å². The molecule has 0 fully saturated rings. The van der Waals surface area contributed by atoms with Gasteiger partial charge in [-0.15, -0.1) is 0 Å². The van der Waals surface area contributed by atoms with Crippen LogP contribution in [0.1, 0.15) is 15.9 Å². The lowest BCUT2D eigenvalue weighted by Crippen LogP contribution is -2.11. The highest BCUT2D eigenvalue weighted by Gasteiger charge is 2.07. The van der Waals surface area contributed by atoms with Crippen LogP contribution in [-0.2, 0) is 4.79 Å². The summed E-state index contributed by atoms with van der Waals surface area (Å²) in [5.74, 6) is 0.263. The zero-order chi connectivity index (χ0) is 19.8. The van der Waals surface area contributed by atoms with Crippen molar-refractivity contribution in [1.29, 1.82) is 0 Å². The SMILES string of the molecule is COc1ccccc1/C=C/C(=O)Oc1ccc(C(=O)Nc2ccccc2)cc1. The van der Waals surface area contributed by atoms with Gasteiger partial charge in [0.1, 0.15) is 11.5 Å². The van der Waals surface area contributed by atoms with Gasteiger partial charge in [-0.2, -0.15) is 0 Å². The number of carbonyl (C=O) groups is 2. The van der Waals surface area contributed by atoms with E-state index in [0.717, 1.165) is 5.56 Å². The highest BCUT2D eigenvalue weighted by atomic mass is 16.5. The molecule has 3 aromatic carbocycles. The molecule has 3 aromatic rings. The van der Waals surface area contributed by atoms with Crippen LogP contribution in [0, 0.1) is 0 Å². The predicted molar refractivity (Wildman–Crippen MR) is 109 cm³/mol. The van der Waals surface area contributed by atoms with Gasteiger partial charge in [-0.25, -0.2) is 4.79 Å². The van der Waals surface area contributed by atoms with Crippen LogP contribution in [0.25, 0.3) is 6.08 Å². The second-order valence-electron chi connectivity index (χ2n) is 5.84. The number of hydrogen-bond donors (Lipinski definition) is 1. The van der Waals surface area contributed by atoms with Crippen LogP contribution in [0.5, 0.6) is 11.5 Å². The summed E-state index contributed by atoms with van der Waals surface area (Å²) >= 11 is 0. The van der Waals surface area contributed by atoms with Crippen LogP contribution in [0.4, 0.5) is 5.69 Å². The number of ether oxygens (including phenoxy) is 2. The molecule has 0 aliphatic rings. The zero-order valence-corrected chi connectivity index (χ0v) is 15.3. The number of amides is 1. The molecule has 0 aliphatic carbocycles. The van der Waals surface area contributed by atoms with Crippen molar-refractivity contribution in [3.05, 3.63) is 96.1 Å². The van der Waals surface area contributed by atoms with E-state index in [0.29, 0.717) is 22.7 Å². The lowest BCUT2D eigenvalue weighted by molar-refractivity contribution is -0.128. The van der Waals surface area contributed by atoms with Crippen LogP contribution < -0.4 is 14.8 Å². The van der Waals surface area contributed by atoms with Crippen molar-refractivity contribution < 1.29 is 19.1 Å². The Balaban J connectivity index is 1.60. The van der Waals surface area contributed by atoms with E-state index in [4.69, 9.17) is 9.47 Å². The van der Waals surface area contributed by atoms with Gasteiger partial charge in [0.15, 0.2) is 0 Å². The molecule has 1 amide bonds. The third kappa shape index (κ3) is 5.08. The Morgan fingerprint density at radius 2 is 1.54 bits per heavy atom. The van der Waals surface area contributed by atoms with Crippen molar-refractivity contribution in [3.63, 3.8) is 0 Å². The molecule has 0 bridgehead atoms. The molecule has 0 aromatic heterocycles. The molecule has 0 spiro atoms. The minimum absolute atomic E-state index is 0.236. The van der Waals surface area contributed by atoms with Gasteiger partial charge in [0.25, 0.3) is 5.91 Å². The van der Waals surface area contributed by atoms with Crippen molar-refractivity contribution in [2.24, 2.45) is 0 Å². The summed E-state index contributed by atoms with van der Waals surface area (Å²) < 4.78 is 10.5. The molecule has 5 heteroatoms. The van der Waals surface area contributed by atoms with Crippen molar-refractivity contribution >= 4 is 23.6 Å². The molecule has 28 heavy (non-hydrogen) atoms. The second kappa shape index (κ2) is 9.19. The first-order valence-electron chi connectivity index (χ1n) is 8.65. The average molecular weight is 373 g/mol. The topological polar surface area (TPSA) is 64.6 Å². The molecule has 0 unspecified atom stereocenters. The van der Waals surface area contributed by atoms with E-state index in [-0.39, 0.29) is 5.91 Å². The Bertz CT molecular complexity index is 979. The molecular formula is C23H19NO4. The van der Waals surface area contributed by atoms with Gasteiger partial charge in [0, 0.05) is 22.9 Å². The van der Waals surface area contributed by atoms with Crippen LogP contribution in [-0.4, -0.2) is 19.0 Å². The van der Waals surface area contributed by atoms with Crippen LogP contribution in [0.2, 0.25) is 0 Å². The Morgan fingerprint density at radius 3 is 2.25 bits per heavy atom. The standard InChI is InChI=1S/C23H19NO4/c1-27-21-10-6-5-7-17(21)13-16-22(25)28-20-14-11-18(12-15-20)23(26)24-19-8-3-2-4-9-19/h2-16H,1H3,(H,24,26)/b16-13+. The zero-order valence-electron chi connectivity index (χ0n) is 15.3. The highest BCUT2D eigenvalue weighted by Crippen LogP contribution is 2.19. The number of benzene rings is 3. The van der Waals surface area contributed by atoms with Gasteiger partial charge >= 0.3 is 5.97 Å². The van der Waals surface area contributed by atoms with Crippen molar-refractivity contribution in [2.75, 3.05) is 12.4 Å². The highest BCUT2D eigenvalue weighted by molar-refractivity contribution is 6.04. The first-order chi connectivity index (χ1) is 13.7. The number of para-hydroxylation sites is 2. The summed E-state index contributed by atoms with van der Waals surface area (Å²) in [6, 6.07) is 22.9. The van der Waals surface area contributed by atoms with E-state index < -0.39 is 5.97 Å². The van der Waals surface area contributed by atoms with Crippen molar-refractivity contribution in [3.8, 4) is 11.5 Å². The summed E-state index contributed by atoms with van der Waals surface area (Å²) in [6.45, 7) is 0. The molecule has 3 rings (SSSR count). The van der Waals surface area contributed by atoms with Crippen molar-refractivity contribution in [1.82, 2.24) is 0 Å². The average Bonchev–Trinajstić information content (AvgIpc) is 2.73. The van der Waals surface area contributed by atoms with Gasteiger partial charge in [0.05, 0.1) is 7.11 Å². The van der Waals surface area contributed by atoms with E-state index in [1.165, 1.54) is 6.08 Å². The van der Waals surface area contributed by atoms with Crippen LogP contribution >= 0.6 is 0 Å². The molecule has 1 N–H and O–H groups in total. The van der Waals surface area contributed by atoms with Crippen molar-refractivity contribution in [2.45, 2.75) is 0 Å². The van der Waals surface area contributed by atoms with E-state index in [2.05, 4.69) is 5.32 Å². The molecule has 0 heterocycles. The number of nitrogens with one attached hydrogen (secondary N) is 1. The first kappa shape index (κ1) is 18.9. The molecule has 5 nitrogen and oxygen atoms in total. The molecule has 140 valence electrons. The maximum Gasteiger partial charge on any atom is 0.336 e. The fourth-order valence-corrected chi connectivity index (χ4v) is 2.51. The minimum atomic E-state index is -0.521. The summed E-state index contributed by atoms with van der Waals surface area (Å²) in [5.41, 5.74) is 1.95. The Kier molecular flexibility index (Phi) is 6.21. The van der Waals surface area contributed by atoms with Gasteiger partial charge in [-0.3, -0.25) is 4.79 Å². The Hall–Kier alpha value is -3.86. The fourth-order valence-electron chi connectivity index (χ4n) is 2.51. The molecule has 0 saturated heterocycles. The maximum absolute atomic E-state index is 12.2. The molecule has 0 saturated carbocycles. The normalized spacial score (nSPS) is 10.5. The number of hydrogen-bond acceptors (Lipinski definition) is 4. The smallest absolute Gasteiger partial charge is 0.336 e. The number of rotatable bonds is 6. The fraction of sp³-hybridized carbons (Fsp3) is 0.0435. The van der Waals surface area contributed by atoms with Crippen LogP contribution in [0.15, 0.2) is 84.9 Å². The van der Waals surface area contributed by atoms with E-state index >= 15 is 0 Å². The minimum Gasteiger partial charge on any atom is -0.496 e. The van der Waals surface area contributed by atoms with E-state index in [9.17, 15) is 9.59 Å². The summed E-state index contributed by atoms with van der Waals surface area (Å²) in [7, 11) is 1.57.